The van der Waals surface area contributed by atoms with Crippen LogP contribution in [0.25, 0.3) is 5.69 Å². The molecule has 7 heteroatoms. The molecule has 2 aromatic rings. The number of rotatable bonds is 3. The molecular formula is C14H15N5OS. The van der Waals surface area contributed by atoms with E-state index in [1.165, 1.54) is 6.42 Å². The Morgan fingerprint density at radius 3 is 2.90 bits per heavy atom. The van der Waals surface area contributed by atoms with Crippen LogP contribution in [0, 0.1) is 11.8 Å². The summed E-state index contributed by atoms with van der Waals surface area (Å²) in [4.78, 5) is 0. The van der Waals surface area contributed by atoms with Crippen LogP contribution in [-0.4, -0.2) is 36.4 Å². The molecule has 0 unspecified atom stereocenters. The minimum atomic E-state index is 0.196. The smallest absolute Gasteiger partial charge is 0.214 e. The van der Waals surface area contributed by atoms with Gasteiger partial charge >= 0.3 is 0 Å². The van der Waals surface area contributed by atoms with Crippen LogP contribution < -0.4 is 0 Å². The van der Waals surface area contributed by atoms with Crippen molar-refractivity contribution in [3.05, 3.63) is 30.3 Å². The molecule has 2 saturated carbocycles. The number of nitrogens with zero attached hydrogens (tertiary/aromatic N) is 5. The highest BCUT2D eigenvalue weighted by molar-refractivity contribution is 8.00. The van der Waals surface area contributed by atoms with Gasteiger partial charge in [0.05, 0.1) is 16.6 Å². The average Bonchev–Trinajstić information content (AvgIpc) is 3.23. The normalized spacial score (nSPS) is 29.3. The fourth-order valence-corrected chi connectivity index (χ4v) is 4.78. The summed E-state index contributed by atoms with van der Waals surface area (Å²) in [5.74, 6) is 1.02. The van der Waals surface area contributed by atoms with Crippen molar-refractivity contribution in [2.45, 2.75) is 29.7 Å². The van der Waals surface area contributed by atoms with E-state index in [-0.39, 0.29) is 5.25 Å². The first-order valence-electron chi connectivity index (χ1n) is 7.09. The Balaban J connectivity index is 1.63. The van der Waals surface area contributed by atoms with Crippen LogP contribution in [0.5, 0.6) is 0 Å². The maximum Gasteiger partial charge on any atom is 0.214 e. The number of fused-ring (bicyclic) bond motifs is 2. The van der Waals surface area contributed by atoms with E-state index in [2.05, 4.69) is 20.7 Å². The van der Waals surface area contributed by atoms with Gasteiger partial charge in [-0.1, -0.05) is 35.1 Å². The zero-order valence-corrected chi connectivity index (χ0v) is 12.1. The molecule has 1 aromatic heterocycles. The molecule has 2 fully saturated rings. The summed E-state index contributed by atoms with van der Waals surface area (Å²) in [6.07, 6.45) is 3.48. The van der Waals surface area contributed by atoms with Gasteiger partial charge in [0, 0.05) is 5.92 Å². The molecule has 6 nitrogen and oxygen atoms in total. The minimum absolute atomic E-state index is 0.196. The number of oxime groups is 1. The van der Waals surface area contributed by atoms with Gasteiger partial charge in [-0.15, -0.1) is 5.10 Å². The lowest BCUT2D eigenvalue weighted by Gasteiger charge is -2.21. The van der Waals surface area contributed by atoms with Gasteiger partial charge in [0.15, 0.2) is 0 Å². The summed E-state index contributed by atoms with van der Waals surface area (Å²) in [6.45, 7) is 0. The number of hydrogen-bond acceptors (Lipinski definition) is 6. The van der Waals surface area contributed by atoms with Crippen LogP contribution in [0.4, 0.5) is 0 Å². The van der Waals surface area contributed by atoms with Crippen molar-refractivity contribution in [2.75, 3.05) is 0 Å². The zero-order valence-electron chi connectivity index (χ0n) is 11.3. The summed E-state index contributed by atoms with van der Waals surface area (Å²) in [7, 11) is 0. The Bertz CT molecular complexity index is 671. The number of para-hydroxylation sites is 1. The third-order valence-corrected chi connectivity index (χ3v) is 5.75. The summed E-state index contributed by atoms with van der Waals surface area (Å²) in [5, 5.41) is 25.8. The second-order valence-corrected chi connectivity index (χ2v) is 6.65. The Hall–Kier alpha value is -1.89. The van der Waals surface area contributed by atoms with E-state index in [4.69, 9.17) is 0 Å². The minimum Gasteiger partial charge on any atom is -0.411 e. The maximum absolute atomic E-state index is 9.29. The third kappa shape index (κ3) is 2.12. The van der Waals surface area contributed by atoms with Crippen molar-refractivity contribution < 1.29 is 5.21 Å². The van der Waals surface area contributed by atoms with Gasteiger partial charge in [0.1, 0.15) is 0 Å². The van der Waals surface area contributed by atoms with Crippen LogP contribution in [0.2, 0.25) is 0 Å². The van der Waals surface area contributed by atoms with Crippen molar-refractivity contribution in [1.29, 1.82) is 0 Å². The van der Waals surface area contributed by atoms with Gasteiger partial charge in [-0.3, -0.25) is 0 Å². The summed E-state index contributed by atoms with van der Waals surface area (Å²) < 4.78 is 1.74. The number of aromatic nitrogens is 4. The van der Waals surface area contributed by atoms with Gasteiger partial charge in [-0.05, 0) is 47.7 Å². The predicted molar refractivity (Wildman–Crippen MR) is 78.9 cm³/mol. The first kappa shape index (κ1) is 12.8. The third-order valence-electron chi connectivity index (χ3n) is 4.40. The number of benzene rings is 1. The van der Waals surface area contributed by atoms with Gasteiger partial charge in [-0.2, -0.15) is 4.68 Å². The number of hydrogen-bond donors (Lipinski definition) is 1. The second-order valence-electron chi connectivity index (χ2n) is 5.54. The monoisotopic (exact) mass is 301 g/mol. The molecule has 108 valence electrons. The van der Waals surface area contributed by atoms with E-state index in [0.29, 0.717) is 11.8 Å². The van der Waals surface area contributed by atoms with Crippen LogP contribution in [0.3, 0.4) is 0 Å². The summed E-state index contributed by atoms with van der Waals surface area (Å²) >= 11 is 1.61. The Labute approximate surface area is 126 Å². The topological polar surface area (TPSA) is 76.2 Å². The predicted octanol–water partition coefficient (Wildman–Crippen LogP) is 2.38. The lowest BCUT2D eigenvalue weighted by atomic mass is 9.98. The Morgan fingerprint density at radius 2 is 2.10 bits per heavy atom. The molecule has 1 aromatic carbocycles. The Morgan fingerprint density at radius 1 is 1.24 bits per heavy atom. The molecule has 2 aliphatic rings. The highest BCUT2D eigenvalue weighted by Crippen LogP contribution is 2.49. The van der Waals surface area contributed by atoms with E-state index < -0.39 is 0 Å². The largest absolute Gasteiger partial charge is 0.411 e. The highest BCUT2D eigenvalue weighted by atomic mass is 32.2. The van der Waals surface area contributed by atoms with Crippen molar-refractivity contribution in [3.63, 3.8) is 0 Å². The molecule has 1 N–H and O–H groups in total. The lowest BCUT2D eigenvalue weighted by Crippen LogP contribution is -2.25. The van der Waals surface area contributed by atoms with Crippen LogP contribution in [0.1, 0.15) is 19.3 Å². The molecule has 21 heavy (non-hydrogen) atoms. The molecule has 0 aliphatic heterocycles. The average molecular weight is 301 g/mol. The number of tetrazole rings is 1. The standard InChI is InChI=1S/C14H15N5OS/c20-16-12-9-6-7-10(8-9)13(12)21-14-15-17-18-19(14)11-4-2-1-3-5-11/h1-5,9-10,13,20H,6-8H2/b16-12+/t9-,10+,13-/m0/s1. The highest BCUT2D eigenvalue weighted by Gasteiger charge is 2.46. The van der Waals surface area contributed by atoms with Crippen molar-refractivity contribution >= 4 is 17.5 Å². The molecule has 0 amide bonds. The van der Waals surface area contributed by atoms with E-state index in [1.54, 1.807) is 16.4 Å². The maximum atomic E-state index is 9.29. The molecule has 0 spiro atoms. The molecule has 0 radical (unpaired) electrons. The van der Waals surface area contributed by atoms with E-state index in [1.807, 2.05) is 30.3 Å². The van der Waals surface area contributed by atoms with Gasteiger partial charge in [0.25, 0.3) is 0 Å². The van der Waals surface area contributed by atoms with Crippen LogP contribution in [-0.2, 0) is 0 Å². The fraction of sp³-hybridized carbons (Fsp3) is 0.429. The Kier molecular flexibility index (Phi) is 3.14. The quantitative estimate of drug-likeness (QED) is 0.696. The molecular weight excluding hydrogens is 286 g/mol. The van der Waals surface area contributed by atoms with Gasteiger partial charge in [-0.25, -0.2) is 0 Å². The van der Waals surface area contributed by atoms with E-state index >= 15 is 0 Å². The molecule has 1 heterocycles. The molecule has 4 rings (SSSR count). The first-order chi connectivity index (χ1) is 10.4. The summed E-state index contributed by atoms with van der Waals surface area (Å²) in [5.41, 5.74) is 1.86. The lowest BCUT2D eigenvalue weighted by molar-refractivity contribution is 0.314. The van der Waals surface area contributed by atoms with E-state index in [0.717, 1.165) is 29.4 Å². The van der Waals surface area contributed by atoms with Gasteiger partial charge < -0.3 is 5.21 Å². The molecule has 0 saturated heterocycles. The molecule has 3 atom stereocenters. The molecule has 2 bridgehead atoms. The number of thioether (sulfide) groups is 1. The first-order valence-corrected chi connectivity index (χ1v) is 7.97. The summed E-state index contributed by atoms with van der Waals surface area (Å²) in [6, 6.07) is 9.84. The zero-order chi connectivity index (χ0) is 14.2. The van der Waals surface area contributed by atoms with E-state index in [9.17, 15) is 5.21 Å². The van der Waals surface area contributed by atoms with Crippen molar-refractivity contribution in [3.8, 4) is 5.69 Å². The second kappa shape index (κ2) is 5.14. The van der Waals surface area contributed by atoms with Crippen LogP contribution >= 0.6 is 11.8 Å². The molecule has 2 aliphatic carbocycles. The fourth-order valence-electron chi connectivity index (χ4n) is 3.43. The van der Waals surface area contributed by atoms with Crippen molar-refractivity contribution in [1.82, 2.24) is 20.2 Å². The van der Waals surface area contributed by atoms with Crippen molar-refractivity contribution in [2.24, 2.45) is 17.0 Å². The SMILES string of the molecule is O/N=C1\[C@H]2CC[C@H](C2)[C@@H]1Sc1nnnn1-c1ccccc1. The van der Waals surface area contributed by atoms with Crippen LogP contribution in [0.15, 0.2) is 40.6 Å². The van der Waals surface area contributed by atoms with Gasteiger partial charge in [0.2, 0.25) is 5.16 Å².